The molecule has 1 aliphatic heterocycles. The number of benzene rings is 1. The average Bonchev–Trinajstić information content (AvgIpc) is 2.90. The van der Waals surface area contributed by atoms with Gasteiger partial charge in [0.05, 0.1) is 10.9 Å². The zero-order valence-corrected chi connectivity index (χ0v) is 12.1. The zero-order valence-electron chi connectivity index (χ0n) is 11.4. The van der Waals surface area contributed by atoms with Crippen molar-refractivity contribution in [3.63, 3.8) is 0 Å². The molecule has 7 heteroatoms. The summed E-state index contributed by atoms with van der Waals surface area (Å²) in [7, 11) is 0. The van der Waals surface area contributed by atoms with Crippen molar-refractivity contribution in [1.82, 2.24) is 4.90 Å². The summed E-state index contributed by atoms with van der Waals surface area (Å²) in [6.45, 7) is 2.12. The molecule has 1 fully saturated rings. The molecule has 2 rings (SSSR count). The molecular weight excluding hydrogens is 301 g/mol. The van der Waals surface area contributed by atoms with Crippen LogP contribution in [0.3, 0.4) is 0 Å². The summed E-state index contributed by atoms with van der Waals surface area (Å²) in [5.74, 6) is -2.02. The molecule has 1 aromatic carbocycles. The monoisotopic (exact) mass is 315 g/mol. The number of carboxylic acids is 1. The van der Waals surface area contributed by atoms with Crippen molar-refractivity contribution < 1.29 is 23.8 Å². The second-order valence-electron chi connectivity index (χ2n) is 4.94. The quantitative estimate of drug-likeness (QED) is 0.925. The maximum Gasteiger partial charge on any atom is 0.308 e. The first-order valence-corrected chi connectivity index (χ1v) is 6.89. The Morgan fingerprint density at radius 1 is 1.52 bits per heavy atom. The first-order chi connectivity index (χ1) is 9.88. The van der Waals surface area contributed by atoms with Crippen LogP contribution >= 0.6 is 11.6 Å². The largest absolute Gasteiger partial charge is 0.481 e. The fraction of sp³-hybridized carbons (Fsp3) is 0.429. The number of hydrogen-bond donors (Lipinski definition) is 1. The lowest BCUT2D eigenvalue weighted by Crippen LogP contribution is -2.39. The summed E-state index contributed by atoms with van der Waals surface area (Å²) in [5, 5.41) is 9.01. The minimum Gasteiger partial charge on any atom is -0.481 e. The van der Waals surface area contributed by atoms with Crippen LogP contribution in [0.15, 0.2) is 18.2 Å². The second-order valence-corrected chi connectivity index (χ2v) is 5.35. The van der Waals surface area contributed by atoms with E-state index in [1.165, 1.54) is 17.0 Å². The molecule has 1 saturated heterocycles. The predicted octanol–water partition coefficient (Wildman–Crippen LogP) is 2.18. The van der Waals surface area contributed by atoms with E-state index in [1.807, 2.05) is 0 Å². The van der Waals surface area contributed by atoms with Crippen LogP contribution in [-0.4, -0.2) is 41.1 Å². The molecule has 2 atom stereocenters. The van der Waals surface area contributed by atoms with Crippen LogP contribution in [0.2, 0.25) is 5.02 Å². The standard InChI is InChI=1S/C14H15ClFNO4/c1-8(21-12-3-2-10(16)6-11(12)15)13(18)17-5-4-9(7-17)14(19)20/h2-3,6,8-9H,4-5,7H2,1H3,(H,19,20). The van der Waals surface area contributed by atoms with Crippen LogP contribution in [0, 0.1) is 11.7 Å². The van der Waals surface area contributed by atoms with Gasteiger partial charge in [0.2, 0.25) is 0 Å². The van der Waals surface area contributed by atoms with Crippen LogP contribution in [-0.2, 0) is 9.59 Å². The van der Waals surface area contributed by atoms with Crippen molar-refractivity contribution in [3.05, 3.63) is 29.0 Å². The lowest BCUT2D eigenvalue weighted by Gasteiger charge is -2.21. The minimum absolute atomic E-state index is 0.0829. The Hall–Kier alpha value is -1.82. The van der Waals surface area contributed by atoms with Crippen LogP contribution in [0.25, 0.3) is 0 Å². The van der Waals surface area contributed by atoms with Crippen molar-refractivity contribution in [2.45, 2.75) is 19.4 Å². The van der Waals surface area contributed by atoms with Gasteiger partial charge in [-0.15, -0.1) is 0 Å². The second kappa shape index (κ2) is 6.30. The fourth-order valence-corrected chi connectivity index (χ4v) is 2.44. The summed E-state index contributed by atoms with van der Waals surface area (Å²) in [4.78, 5) is 24.5. The van der Waals surface area contributed by atoms with E-state index in [4.69, 9.17) is 21.4 Å². The van der Waals surface area contributed by atoms with E-state index in [1.54, 1.807) is 6.92 Å². The van der Waals surface area contributed by atoms with Crippen LogP contribution in [0.5, 0.6) is 5.75 Å². The molecule has 0 aromatic heterocycles. The van der Waals surface area contributed by atoms with Crippen molar-refractivity contribution in [3.8, 4) is 5.75 Å². The third-order valence-electron chi connectivity index (χ3n) is 3.39. The molecule has 0 radical (unpaired) electrons. The van der Waals surface area contributed by atoms with E-state index >= 15 is 0 Å². The Bertz CT molecular complexity index is 566. The van der Waals surface area contributed by atoms with Gasteiger partial charge in [0, 0.05) is 13.1 Å². The number of hydrogen-bond acceptors (Lipinski definition) is 3. The third kappa shape index (κ3) is 3.64. The molecule has 0 aliphatic carbocycles. The number of aliphatic carboxylic acids is 1. The Kier molecular flexibility index (Phi) is 4.67. The maximum atomic E-state index is 12.9. The predicted molar refractivity (Wildman–Crippen MR) is 73.8 cm³/mol. The molecular formula is C14H15ClFNO4. The van der Waals surface area contributed by atoms with Gasteiger partial charge >= 0.3 is 5.97 Å². The number of carbonyl (C=O) groups is 2. The molecule has 114 valence electrons. The molecule has 0 spiro atoms. The lowest BCUT2D eigenvalue weighted by atomic mass is 10.1. The summed E-state index contributed by atoms with van der Waals surface area (Å²) in [6.07, 6.45) is -0.383. The average molecular weight is 316 g/mol. The molecule has 5 nitrogen and oxygen atoms in total. The maximum absolute atomic E-state index is 12.9. The Balaban J connectivity index is 1.98. The van der Waals surface area contributed by atoms with Gasteiger partial charge in [-0.3, -0.25) is 9.59 Å². The first-order valence-electron chi connectivity index (χ1n) is 6.51. The van der Waals surface area contributed by atoms with E-state index in [2.05, 4.69) is 0 Å². The highest BCUT2D eigenvalue weighted by molar-refractivity contribution is 6.32. The number of rotatable bonds is 4. The van der Waals surface area contributed by atoms with Gasteiger partial charge in [-0.25, -0.2) is 4.39 Å². The Labute approximate surface area is 126 Å². The van der Waals surface area contributed by atoms with Gasteiger partial charge in [0.15, 0.2) is 6.10 Å². The van der Waals surface area contributed by atoms with Gasteiger partial charge in [-0.05, 0) is 31.5 Å². The summed E-state index contributed by atoms with van der Waals surface area (Å²) in [5.41, 5.74) is 0. The number of nitrogens with zero attached hydrogens (tertiary/aromatic N) is 1. The van der Waals surface area contributed by atoms with Crippen LogP contribution in [0.1, 0.15) is 13.3 Å². The van der Waals surface area contributed by atoms with Crippen molar-refractivity contribution in [2.75, 3.05) is 13.1 Å². The number of amides is 1. The smallest absolute Gasteiger partial charge is 0.308 e. The van der Waals surface area contributed by atoms with Gasteiger partial charge in [0.1, 0.15) is 11.6 Å². The molecule has 0 saturated carbocycles. The van der Waals surface area contributed by atoms with Crippen LogP contribution in [0.4, 0.5) is 4.39 Å². The van der Waals surface area contributed by atoms with Crippen molar-refractivity contribution in [2.24, 2.45) is 5.92 Å². The van der Waals surface area contributed by atoms with Crippen molar-refractivity contribution in [1.29, 1.82) is 0 Å². The summed E-state index contributed by atoms with van der Waals surface area (Å²) < 4.78 is 18.4. The van der Waals surface area contributed by atoms with E-state index in [-0.39, 0.29) is 23.2 Å². The van der Waals surface area contributed by atoms with E-state index in [0.717, 1.165) is 6.07 Å². The highest BCUT2D eigenvalue weighted by Crippen LogP contribution is 2.26. The van der Waals surface area contributed by atoms with Gasteiger partial charge in [0.25, 0.3) is 5.91 Å². The molecule has 21 heavy (non-hydrogen) atoms. The summed E-state index contributed by atoms with van der Waals surface area (Å²) >= 11 is 5.84. The number of ether oxygens (including phenoxy) is 1. The SMILES string of the molecule is CC(Oc1ccc(F)cc1Cl)C(=O)N1CCC(C(=O)O)C1. The molecule has 1 amide bonds. The Morgan fingerprint density at radius 2 is 2.24 bits per heavy atom. The fourth-order valence-electron chi connectivity index (χ4n) is 2.23. The van der Waals surface area contributed by atoms with Crippen LogP contribution < -0.4 is 4.74 Å². The Morgan fingerprint density at radius 3 is 2.81 bits per heavy atom. The highest BCUT2D eigenvalue weighted by Gasteiger charge is 2.33. The molecule has 1 aliphatic rings. The van der Waals surface area contributed by atoms with E-state index in [0.29, 0.717) is 13.0 Å². The molecule has 2 unspecified atom stereocenters. The zero-order chi connectivity index (χ0) is 15.6. The number of carboxylic acid groups (broad SMARTS) is 1. The number of halogens is 2. The van der Waals surface area contributed by atoms with E-state index < -0.39 is 23.8 Å². The molecule has 1 N–H and O–H groups in total. The number of carbonyl (C=O) groups excluding carboxylic acids is 1. The van der Waals surface area contributed by atoms with Gasteiger partial charge in [-0.1, -0.05) is 11.6 Å². The lowest BCUT2D eigenvalue weighted by molar-refractivity contribution is -0.142. The molecule has 1 heterocycles. The minimum atomic E-state index is -0.902. The third-order valence-corrected chi connectivity index (χ3v) is 3.69. The normalized spacial score (nSPS) is 19.4. The van der Waals surface area contributed by atoms with E-state index in [9.17, 15) is 14.0 Å². The highest BCUT2D eigenvalue weighted by atomic mass is 35.5. The molecule has 0 bridgehead atoms. The van der Waals surface area contributed by atoms with Crippen molar-refractivity contribution >= 4 is 23.5 Å². The van der Waals surface area contributed by atoms with Gasteiger partial charge in [-0.2, -0.15) is 0 Å². The summed E-state index contributed by atoms with van der Waals surface area (Å²) in [6, 6.07) is 3.64. The first kappa shape index (κ1) is 15.6. The molecule has 1 aromatic rings. The topological polar surface area (TPSA) is 66.8 Å². The van der Waals surface area contributed by atoms with Gasteiger partial charge < -0.3 is 14.7 Å². The number of likely N-dealkylation sites (tertiary alicyclic amines) is 1.